The molecule has 0 aromatic rings. The summed E-state index contributed by atoms with van der Waals surface area (Å²) in [4.78, 5) is 2.68. The molecule has 1 heterocycles. The average Bonchev–Trinajstić information content (AvgIpc) is 2.03. The zero-order valence-corrected chi connectivity index (χ0v) is 9.71. The maximum atomic E-state index is 2.68. The molecule has 1 nitrogen and oxygen atoms in total. The second kappa shape index (κ2) is 4.99. The Morgan fingerprint density at radius 1 is 1.23 bits per heavy atom. The highest BCUT2D eigenvalue weighted by atomic mass is 15.2. The van der Waals surface area contributed by atoms with Crippen molar-refractivity contribution in [3.63, 3.8) is 0 Å². The minimum Gasteiger partial charge on any atom is -0.300 e. The molecule has 3 atom stereocenters. The van der Waals surface area contributed by atoms with E-state index in [0.717, 1.165) is 17.9 Å². The van der Waals surface area contributed by atoms with Gasteiger partial charge in [0.15, 0.2) is 0 Å². The zero-order chi connectivity index (χ0) is 9.84. The van der Waals surface area contributed by atoms with Gasteiger partial charge in [0.2, 0.25) is 0 Å². The Balaban J connectivity index is 2.40. The topological polar surface area (TPSA) is 3.24 Å². The molecule has 0 aliphatic carbocycles. The second-order valence-electron chi connectivity index (χ2n) is 5.04. The van der Waals surface area contributed by atoms with Gasteiger partial charge >= 0.3 is 0 Å². The first-order valence-corrected chi connectivity index (χ1v) is 5.87. The van der Waals surface area contributed by atoms with Crippen LogP contribution < -0.4 is 0 Å². The van der Waals surface area contributed by atoms with Gasteiger partial charge in [0.05, 0.1) is 0 Å². The normalized spacial score (nSPS) is 33.2. The molecular formula is C12H25N. The fourth-order valence-corrected chi connectivity index (χ4v) is 2.67. The molecule has 0 bridgehead atoms. The van der Waals surface area contributed by atoms with Crippen LogP contribution in [-0.4, -0.2) is 24.0 Å². The van der Waals surface area contributed by atoms with Gasteiger partial charge in [0, 0.05) is 19.1 Å². The van der Waals surface area contributed by atoms with Crippen molar-refractivity contribution in [1.82, 2.24) is 4.90 Å². The van der Waals surface area contributed by atoms with Crippen molar-refractivity contribution in [3.8, 4) is 0 Å². The molecule has 0 aromatic heterocycles. The third kappa shape index (κ3) is 3.30. The molecule has 0 aromatic carbocycles. The number of rotatable bonds is 3. The molecule has 13 heavy (non-hydrogen) atoms. The first-order chi connectivity index (χ1) is 6.13. The number of likely N-dealkylation sites (tertiary alicyclic amines) is 1. The van der Waals surface area contributed by atoms with E-state index in [1.807, 2.05) is 0 Å². The van der Waals surface area contributed by atoms with Crippen LogP contribution in [-0.2, 0) is 0 Å². The van der Waals surface area contributed by atoms with Gasteiger partial charge in [0.1, 0.15) is 0 Å². The molecule has 0 saturated carbocycles. The van der Waals surface area contributed by atoms with Crippen molar-refractivity contribution in [1.29, 1.82) is 0 Å². The molecule has 0 amide bonds. The van der Waals surface area contributed by atoms with E-state index in [2.05, 4.69) is 32.6 Å². The van der Waals surface area contributed by atoms with Crippen molar-refractivity contribution in [3.05, 3.63) is 0 Å². The number of nitrogens with zero attached hydrogens (tertiary/aromatic N) is 1. The molecule has 1 fully saturated rings. The molecular weight excluding hydrogens is 158 g/mol. The Morgan fingerprint density at radius 3 is 2.23 bits per heavy atom. The highest BCUT2D eigenvalue weighted by Gasteiger charge is 2.24. The van der Waals surface area contributed by atoms with Crippen LogP contribution in [0.25, 0.3) is 0 Å². The van der Waals surface area contributed by atoms with E-state index in [1.165, 1.54) is 32.4 Å². The smallest absolute Gasteiger partial charge is 0.00670 e. The Hall–Kier alpha value is -0.0400. The van der Waals surface area contributed by atoms with E-state index in [1.54, 1.807) is 0 Å². The first kappa shape index (κ1) is 11.0. The van der Waals surface area contributed by atoms with Crippen molar-refractivity contribution in [2.75, 3.05) is 13.1 Å². The van der Waals surface area contributed by atoms with E-state index in [4.69, 9.17) is 0 Å². The molecule has 1 rings (SSSR count). The average molecular weight is 183 g/mol. The Bertz CT molecular complexity index is 134. The van der Waals surface area contributed by atoms with Gasteiger partial charge in [-0.25, -0.2) is 0 Å². The maximum absolute atomic E-state index is 2.68. The van der Waals surface area contributed by atoms with Crippen LogP contribution >= 0.6 is 0 Å². The summed E-state index contributed by atoms with van der Waals surface area (Å²) in [6.07, 6.45) is 4.11. The molecule has 0 N–H and O–H groups in total. The third-order valence-corrected chi connectivity index (χ3v) is 3.23. The summed E-state index contributed by atoms with van der Waals surface area (Å²) in [6.45, 7) is 12.1. The Morgan fingerprint density at radius 2 is 1.77 bits per heavy atom. The van der Waals surface area contributed by atoms with E-state index in [9.17, 15) is 0 Å². The largest absolute Gasteiger partial charge is 0.300 e. The summed E-state index contributed by atoms with van der Waals surface area (Å²) < 4.78 is 0. The lowest BCUT2D eigenvalue weighted by molar-refractivity contribution is 0.0984. The van der Waals surface area contributed by atoms with Crippen molar-refractivity contribution in [2.24, 2.45) is 11.8 Å². The van der Waals surface area contributed by atoms with Gasteiger partial charge in [-0.1, -0.05) is 27.2 Å². The van der Waals surface area contributed by atoms with Crippen molar-refractivity contribution in [2.45, 2.75) is 53.0 Å². The third-order valence-electron chi connectivity index (χ3n) is 3.23. The molecule has 1 aliphatic heterocycles. The minimum absolute atomic E-state index is 0.801. The van der Waals surface area contributed by atoms with Crippen LogP contribution in [0.15, 0.2) is 0 Å². The predicted molar refractivity (Wildman–Crippen MR) is 58.9 cm³/mol. The molecule has 0 spiro atoms. The van der Waals surface area contributed by atoms with E-state index >= 15 is 0 Å². The molecule has 1 saturated heterocycles. The molecule has 1 unspecified atom stereocenters. The van der Waals surface area contributed by atoms with Gasteiger partial charge < -0.3 is 4.90 Å². The number of piperidine rings is 1. The van der Waals surface area contributed by atoms with Gasteiger partial charge in [-0.2, -0.15) is 0 Å². The second-order valence-corrected chi connectivity index (χ2v) is 5.04. The first-order valence-electron chi connectivity index (χ1n) is 5.87. The van der Waals surface area contributed by atoms with Gasteiger partial charge in [-0.05, 0) is 31.6 Å². The van der Waals surface area contributed by atoms with E-state index < -0.39 is 0 Å². The van der Waals surface area contributed by atoms with Crippen molar-refractivity contribution < 1.29 is 0 Å². The van der Waals surface area contributed by atoms with Crippen LogP contribution in [0.1, 0.15) is 47.0 Å². The summed E-state index contributed by atoms with van der Waals surface area (Å²) in [5.41, 5.74) is 0. The highest BCUT2D eigenvalue weighted by molar-refractivity contribution is 4.78. The number of hydrogen-bond acceptors (Lipinski definition) is 1. The Labute approximate surface area is 83.5 Å². The van der Waals surface area contributed by atoms with Crippen LogP contribution in [0.3, 0.4) is 0 Å². The Kier molecular flexibility index (Phi) is 4.24. The summed E-state index contributed by atoms with van der Waals surface area (Å²) in [5, 5.41) is 0. The van der Waals surface area contributed by atoms with Crippen LogP contribution in [0.4, 0.5) is 0 Å². The molecule has 0 radical (unpaired) electrons. The summed E-state index contributed by atoms with van der Waals surface area (Å²) in [7, 11) is 0. The van der Waals surface area contributed by atoms with Crippen LogP contribution in [0.2, 0.25) is 0 Å². The minimum atomic E-state index is 0.801. The molecule has 1 heteroatoms. The summed E-state index contributed by atoms with van der Waals surface area (Å²) in [5.74, 6) is 1.81. The SMILES string of the molecule is CCCC(C)N1C[C@H](C)C[C@H](C)C1. The van der Waals surface area contributed by atoms with Crippen molar-refractivity contribution >= 4 is 0 Å². The summed E-state index contributed by atoms with van der Waals surface area (Å²) in [6, 6.07) is 0.801. The van der Waals surface area contributed by atoms with E-state index in [0.29, 0.717) is 0 Å². The highest BCUT2D eigenvalue weighted by Crippen LogP contribution is 2.23. The lowest BCUT2D eigenvalue weighted by atomic mass is 9.90. The van der Waals surface area contributed by atoms with Crippen LogP contribution in [0, 0.1) is 11.8 Å². The molecule has 78 valence electrons. The summed E-state index contributed by atoms with van der Waals surface area (Å²) >= 11 is 0. The standard InChI is InChI=1S/C12H25N/c1-5-6-12(4)13-8-10(2)7-11(3)9-13/h10-12H,5-9H2,1-4H3/t10-,11+,12?. The quantitative estimate of drug-likeness (QED) is 0.649. The lowest BCUT2D eigenvalue weighted by Crippen LogP contribution is -2.43. The zero-order valence-electron chi connectivity index (χ0n) is 9.71. The predicted octanol–water partition coefficient (Wildman–Crippen LogP) is 3.15. The number of hydrogen-bond donors (Lipinski definition) is 0. The van der Waals surface area contributed by atoms with E-state index in [-0.39, 0.29) is 0 Å². The van der Waals surface area contributed by atoms with Crippen LogP contribution in [0.5, 0.6) is 0 Å². The fraction of sp³-hybridized carbons (Fsp3) is 1.00. The maximum Gasteiger partial charge on any atom is 0.00670 e. The fourth-order valence-electron chi connectivity index (χ4n) is 2.67. The van der Waals surface area contributed by atoms with Gasteiger partial charge in [0.25, 0.3) is 0 Å². The van der Waals surface area contributed by atoms with Gasteiger partial charge in [-0.3, -0.25) is 0 Å². The monoisotopic (exact) mass is 183 g/mol. The molecule has 1 aliphatic rings. The van der Waals surface area contributed by atoms with Gasteiger partial charge in [-0.15, -0.1) is 0 Å². The lowest BCUT2D eigenvalue weighted by Gasteiger charge is -2.38.